The number of nitrogens with one attached hydrogen (secondary N) is 1. The van der Waals surface area contributed by atoms with Gasteiger partial charge < -0.3 is 19.9 Å². The molecule has 0 radical (unpaired) electrons. The van der Waals surface area contributed by atoms with Crippen molar-refractivity contribution >= 4 is 11.9 Å². The Labute approximate surface area is 101 Å². The molecule has 0 saturated heterocycles. The third-order valence-electron chi connectivity index (χ3n) is 2.14. The van der Waals surface area contributed by atoms with Gasteiger partial charge in [0.1, 0.15) is 6.04 Å². The van der Waals surface area contributed by atoms with Crippen molar-refractivity contribution in [1.82, 2.24) is 5.32 Å². The van der Waals surface area contributed by atoms with Gasteiger partial charge in [-0.3, -0.25) is 4.79 Å². The van der Waals surface area contributed by atoms with Crippen molar-refractivity contribution in [3.05, 3.63) is 0 Å². The molecule has 0 aromatic heterocycles. The predicted octanol–water partition coefficient (Wildman–Crippen LogP) is 0.409. The van der Waals surface area contributed by atoms with Crippen LogP contribution in [0, 0.1) is 0 Å². The number of methoxy groups -OCH3 is 1. The monoisotopic (exact) mass is 247 g/mol. The highest BCUT2D eigenvalue weighted by atomic mass is 16.5. The van der Waals surface area contributed by atoms with Crippen LogP contribution >= 0.6 is 0 Å². The minimum Gasteiger partial charge on any atom is -0.480 e. The number of ether oxygens (including phenoxy) is 2. The first-order valence-electron chi connectivity index (χ1n) is 5.70. The molecule has 17 heavy (non-hydrogen) atoms. The normalized spacial score (nSPS) is 12.1. The predicted molar refractivity (Wildman–Crippen MR) is 61.8 cm³/mol. The van der Waals surface area contributed by atoms with Gasteiger partial charge in [-0.25, -0.2) is 4.79 Å². The Kier molecular flexibility index (Phi) is 9.37. The molecule has 0 aliphatic rings. The molecule has 0 aromatic rings. The van der Waals surface area contributed by atoms with Crippen LogP contribution in [0.15, 0.2) is 0 Å². The van der Waals surface area contributed by atoms with Gasteiger partial charge in [0.2, 0.25) is 5.91 Å². The molecule has 1 atom stereocenters. The van der Waals surface area contributed by atoms with Crippen LogP contribution in [0.25, 0.3) is 0 Å². The van der Waals surface area contributed by atoms with Crippen molar-refractivity contribution < 1.29 is 24.2 Å². The lowest BCUT2D eigenvalue weighted by Crippen LogP contribution is -2.41. The van der Waals surface area contributed by atoms with Crippen molar-refractivity contribution in [2.45, 2.75) is 32.2 Å². The summed E-state index contributed by atoms with van der Waals surface area (Å²) in [7, 11) is 1.49. The van der Waals surface area contributed by atoms with E-state index in [1.54, 1.807) is 0 Å². The third kappa shape index (κ3) is 8.65. The summed E-state index contributed by atoms with van der Waals surface area (Å²) in [5.74, 6) is -1.31. The average molecular weight is 247 g/mol. The van der Waals surface area contributed by atoms with Crippen LogP contribution in [0.2, 0.25) is 0 Å². The molecule has 2 N–H and O–H groups in total. The number of carboxylic acid groups (broad SMARTS) is 1. The number of hydrogen-bond acceptors (Lipinski definition) is 4. The van der Waals surface area contributed by atoms with E-state index in [0.29, 0.717) is 26.2 Å². The largest absolute Gasteiger partial charge is 0.480 e. The Morgan fingerprint density at radius 1 is 1.35 bits per heavy atom. The summed E-state index contributed by atoms with van der Waals surface area (Å²) in [6, 6.07) is -0.880. The van der Waals surface area contributed by atoms with Gasteiger partial charge in [-0.2, -0.15) is 0 Å². The molecule has 6 heteroatoms. The molecule has 0 fully saturated rings. The maximum Gasteiger partial charge on any atom is 0.326 e. The molecule has 1 unspecified atom stereocenters. The number of carbonyl (C=O) groups excluding carboxylic acids is 1. The van der Waals surface area contributed by atoms with Crippen LogP contribution in [-0.2, 0) is 19.1 Å². The molecule has 0 heterocycles. The Balaban J connectivity index is 3.83. The van der Waals surface area contributed by atoms with Crippen molar-refractivity contribution in [1.29, 1.82) is 0 Å². The number of carboxylic acids is 1. The molecule has 100 valence electrons. The zero-order valence-electron chi connectivity index (χ0n) is 10.4. The number of aliphatic carboxylic acids is 1. The summed E-state index contributed by atoms with van der Waals surface area (Å²) in [4.78, 5) is 22.2. The first-order valence-corrected chi connectivity index (χ1v) is 5.70. The quantitative estimate of drug-likeness (QED) is 0.546. The fraction of sp³-hybridized carbons (Fsp3) is 0.818. The summed E-state index contributed by atoms with van der Waals surface area (Å²) >= 11 is 0. The topological polar surface area (TPSA) is 84.9 Å². The fourth-order valence-corrected chi connectivity index (χ4v) is 1.24. The molecule has 0 aliphatic heterocycles. The lowest BCUT2D eigenvalue weighted by Gasteiger charge is -2.13. The first kappa shape index (κ1) is 15.9. The molecule has 0 bridgehead atoms. The average Bonchev–Trinajstić information content (AvgIpc) is 2.29. The standard InChI is InChI=1S/C11H21NO5/c1-3-17-7-4-5-10(13)12-9(11(14)15)6-8-16-2/h9H,3-8H2,1-2H3,(H,12,13)(H,14,15). The maximum atomic E-state index is 11.4. The number of hydrogen-bond donors (Lipinski definition) is 2. The van der Waals surface area contributed by atoms with E-state index in [1.165, 1.54) is 7.11 Å². The van der Waals surface area contributed by atoms with Gasteiger partial charge in [0, 0.05) is 39.8 Å². The van der Waals surface area contributed by atoms with E-state index >= 15 is 0 Å². The van der Waals surface area contributed by atoms with Gasteiger partial charge in [0.05, 0.1) is 0 Å². The van der Waals surface area contributed by atoms with E-state index in [0.717, 1.165) is 0 Å². The fourth-order valence-electron chi connectivity index (χ4n) is 1.24. The van der Waals surface area contributed by atoms with E-state index in [-0.39, 0.29) is 18.7 Å². The summed E-state index contributed by atoms with van der Waals surface area (Å²) in [6.07, 6.45) is 1.14. The molecule has 6 nitrogen and oxygen atoms in total. The van der Waals surface area contributed by atoms with E-state index in [2.05, 4.69) is 5.32 Å². The summed E-state index contributed by atoms with van der Waals surface area (Å²) in [5, 5.41) is 11.3. The van der Waals surface area contributed by atoms with E-state index in [9.17, 15) is 9.59 Å². The van der Waals surface area contributed by atoms with Crippen molar-refractivity contribution in [2.75, 3.05) is 26.9 Å². The summed E-state index contributed by atoms with van der Waals surface area (Å²) in [5.41, 5.74) is 0. The van der Waals surface area contributed by atoms with Gasteiger partial charge in [0.25, 0.3) is 0 Å². The minimum absolute atomic E-state index is 0.267. The van der Waals surface area contributed by atoms with Gasteiger partial charge in [-0.1, -0.05) is 0 Å². The second-order valence-corrected chi connectivity index (χ2v) is 3.54. The highest BCUT2D eigenvalue weighted by Crippen LogP contribution is 1.96. The number of carbonyl (C=O) groups is 2. The van der Waals surface area contributed by atoms with E-state index in [4.69, 9.17) is 14.6 Å². The van der Waals surface area contributed by atoms with Crippen LogP contribution in [-0.4, -0.2) is 50.0 Å². The number of rotatable bonds is 10. The Morgan fingerprint density at radius 2 is 2.06 bits per heavy atom. The van der Waals surface area contributed by atoms with Crippen LogP contribution in [0.1, 0.15) is 26.2 Å². The van der Waals surface area contributed by atoms with Crippen LogP contribution in [0.3, 0.4) is 0 Å². The summed E-state index contributed by atoms with van der Waals surface area (Å²) in [6.45, 7) is 3.31. The molecular formula is C11H21NO5. The lowest BCUT2D eigenvalue weighted by molar-refractivity contribution is -0.142. The molecule has 0 saturated carbocycles. The lowest BCUT2D eigenvalue weighted by atomic mass is 10.2. The van der Waals surface area contributed by atoms with Crippen molar-refractivity contribution in [2.24, 2.45) is 0 Å². The van der Waals surface area contributed by atoms with Gasteiger partial charge >= 0.3 is 5.97 Å². The Bertz CT molecular complexity index is 232. The molecule has 1 amide bonds. The SMILES string of the molecule is CCOCCCC(=O)NC(CCOC)C(=O)O. The van der Waals surface area contributed by atoms with E-state index < -0.39 is 12.0 Å². The minimum atomic E-state index is -1.04. The van der Waals surface area contributed by atoms with E-state index in [1.807, 2.05) is 6.92 Å². The maximum absolute atomic E-state index is 11.4. The van der Waals surface area contributed by atoms with Gasteiger partial charge in [0.15, 0.2) is 0 Å². The van der Waals surface area contributed by atoms with Crippen LogP contribution in [0.4, 0.5) is 0 Å². The third-order valence-corrected chi connectivity index (χ3v) is 2.14. The van der Waals surface area contributed by atoms with Gasteiger partial charge in [-0.15, -0.1) is 0 Å². The van der Waals surface area contributed by atoms with Crippen molar-refractivity contribution in [3.63, 3.8) is 0 Å². The zero-order valence-corrected chi connectivity index (χ0v) is 10.4. The zero-order chi connectivity index (χ0) is 13.1. The van der Waals surface area contributed by atoms with Gasteiger partial charge in [-0.05, 0) is 13.3 Å². The smallest absolute Gasteiger partial charge is 0.326 e. The van der Waals surface area contributed by atoms with Crippen LogP contribution < -0.4 is 5.32 Å². The van der Waals surface area contributed by atoms with Crippen molar-refractivity contribution in [3.8, 4) is 0 Å². The van der Waals surface area contributed by atoms with Crippen LogP contribution in [0.5, 0.6) is 0 Å². The molecule has 0 aromatic carbocycles. The first-order chi connectivity index (χ1) is 8.11. The Morgan fingerprint density at radius 3 is 2.59 bits per heavy atom. The second-order valence-electron chi connectivity index (χ2n) is 3.54. The summed E-state index contributed by atoms with van der Waals surface area (Å²) < 4.78 is 9.87. The highest BCUT2D eigenvalue weighted by molar-refractivity contribution is 5.83. The molecule has 0 aliphatic carbocycles. The number of amides is 1. The molecule has 0 spiro atoms. The Hall–Kier alpha value is -1.14. The molecular weight excluding hydrogens is 226 g/mol. The second kappa shape index (κ2) is 10.0. The highest BCUT2D eigenvalue weighted by Gasteiger charge is 2.18. The molecule has 0 rings (SSSR count).